The molecule has 132 valence electrons. The Labute approximate surface area is 149 Å². The van der Waals surface area contributed by atoms with Gasteiger partial charge in [-0.2, -0.15) is 0 Å². The summed E-state index contributed by atoms with van der Waals surface area (Å²) in [4.78, 5) is 2.44. The number of nitrogens with zero attached hydrogens (tertiary/aromatic N) is 1. The van der Waals surface area contributed by atoms with Gasteiger partial charge in [-0.1, -0.05) is 36.4 Å². The summed E-state index contributed by atoms with van der Waals surface area (Å²) in [6, 6.07) is 17.5. The summed E-state index contributed by atoms with van der Waals surface area (Å²) in [7, 11) is 0. The summed E-state index contributed by atoms with van der Waals surface area (Å²) >= 11 is 0. The Morgan fingerprint density at radius 3 is 2.68 bits per heavy atom. The van der Waals surface area contributed by atoms with Gasteiger partial charge in [-0.3, -0.25) is 0 Å². The van der Waals surface area contributed by atoms with Gasteiger partial charge in [0.2, 0.25) is 0 Å². The van der Waals surface area contributed by atoms with E-state index in [0.29, 0.717) is 6.04 Å². The fourth-order valence-electron chi connectivity index (χ4n) is 3.74. The molecule has 2 aliphatic rings. The Hall–Kier alpha value is -2.04. The van der Waals surface area contributed by atoms with E-state index in [1.54, 1.807) is 0 Å². The molecule has 0 unspecified atom stereocenters. The van der Waals surface area contributed by atoms with Crippen LogP contribution in [0.2, 0.25) is 0 Å². The van der Waals surface area contributed by atoms with Gasteiger partial charge in [-0.05, 0) is 30.5 Å². The molecular formula is C21H26N2O2. The lowest BCUT2D eigenvalue weighted by Gasteiger charge is -2.31. The zero-order chi connectivity index (χ0) is 16.9. The number of morpholine rings is 1. The molecule has 2 aromatic carbocycles. The SMILES string of the molecule is c1ccc(N2CCOCC2)c(CN[C@@H]2CCCOc3ccccc32)c1. The second-order valence-electron chi connectivity index (χ2n) is 6.69. The van der Waals surface area contributed by atoms with Crippen molar-refractivity contribution in [3.63, 3.8) is 0 Å². The molecule has 25 heavy (non-hydrogen) atoms. The number of hydrogen-bond acceptors (Lipinski definition) is 4. The third-order valence-electron chi connectivity index (χ3n) is 5.07. The monoisotopic (exact) mass is 338 g/mol. The summed E-state index contributed by atoms with van der Waals surface area (Å²) in [5.74, 6) is 1.03. The summed E-state index contributed by atoms with van der Waals surface area (Å²) in [6.07, 6.45) is 2.19. The zero-order valence-corrected chi connectivity index (χ0v) is 14.6. The quantitative estimate of drug-likeness (QED) is 0.925. The van der Waals surface area contributed by atoms with Gasteiger partial charge in [-0.25, -0.2) is 0 Å². The van der Waals surface area contributed by atoms with Crippen LogP contribution in [0.3, 0.4) is 0 Å². The van der Waals surface area contributed by atoms with Crippen molar-refractivity contribution >= 4 is 5.69 Å². The molecule has 4 heteroatoms. The van der Waals surface area contributed by atoms with Gasteiger partial charge in [0.1, 0.15) is 5.75 Å². The van der Waals surface area contributed by atoms with Crippen LogP contribution in [0.4, 0.5) is 5.69 Å². The van der Waals surface area contributed by atoms with Crippen molar-refractivity contribution in [1.29, 1.82) is 0 Å². The predicted molar refractivity (Wildman–Crippen MR) is 100 cm³/mol. The van der Waals surface area contributed by atoms with Crippen LogP contribution >= 0.6 is 0 Å². The van der Waals surface area contributed by atoms with E-state index in [0.717, 1.165) is 58.0 Å². The topological polar surface area (TPSA) is 33.7 Å². The number of para-hydroxylation sites is 2. The Balaban J connectivity index is 1.50. The van der Waals surface area contributed by atoms with Crippen molar-refractivity contribution in [2.75, 3.05) is 37.8 Å². The van der Waals surface area contributed by atoms with E-state index in [9.17, 15) is 0 Å². The Morgan fingerprint density at radius 1 is 0.960 bits per heavy atom. The second-order valence-corrected chi connectivity index (χ2v) is 6.69. The van der Waals surface area contributed by atoms with E-state index in [1.165, 1.54) is 16.8 Å². The van der Waals surface area contributed by atoms with E-state index in [4.69, 9.17) is 9.47 Å². The summed E-state index contributed by atoms with van der Waals surface area (Å²) in [5, 5.41) is 3.78. The lowest BCUT2D eigenvalue weighted by atomic mass is 10.0. The van der Waals surface area contributed by atoms with Crippen LogP contribution < -0.4 is 15.0 Å². The van der Waals surface area contributed by atoms with Crippen molar-refractivity contribution in [2.45, 2.75) is 25.4 Å². The van der Waals surface area contributed by atoms with Crippen molar-refractivity contribution in [2.24, 2.45) is 0 Å². The Bertz CT molecular complexity index is 698. The molecule has 2 heterocycles. The van der Waals surface area contributed by atoms with Crippen LogP contribution in [0.15, 0.2) is 48.5 Å². The van der Waals surface area contributed by atoms with Crippen LogP contribution in [0.25, 0.3) is 0 Å². The summed E-state index contributed by atoms with van der Waals surface area (Å²) in [6.45, 7) is 5.24. The fraction of sp³-hybridized carbons (Fsp3) is 0.429. The Kier molecular flexibility index (Phi) is 5.19. The highest BCUT2D eigenvalue weighted by Crippen LogP contribution is 2.32. The van der Waals surface area contributed by atoms with Crippen molar-refractivity contribution in [3.8, 4) is 5.75 Å². The molecular weight excluding hydrogens is 312 g/mol. The first-order valence-electron chi connectivity index (χ1n) is 9.27. The minimum Gasteiger partial charge on any atom is -0.493 e. The van der Waals surface area contributed by atoms with Crippen LogP contribution in [0, 0.1) is 0 Å². The highest BCUT2D eigenvalue weighted by molar-refractivity contribution is 5.54. The zero-order valence-electron chi connectivity index (χ0n) is 14.6. The van der Waals surface area contributed by atoms with Crippen molar-refractivity contribution < 1.29 is 9.47 Å². The first-order chi connectivity index (χ1) is 12.4. The molecule has 0 aromatic heterocycles. The molecule has 0 aliphatic carbocycles. The van der Waals surface area contributed by atoms with E-state index in [1.807, 2.05) is 0 Å². The molecule has 0 bridgehead atoms. The van der Waals surface area contributed by atoms with Crippen LogP contribution in [0.5, 0.6) is 5.75 Å². The standard InChI is InChI=1S/C21H26N2O2/c1-3-9-20(23-11-14-24-15-12-23)17(6-1)16-22-19-8-5-13-25-21-10-4-2-7-18(19)21/h1-4,6-7,9-10,19,22H,5,8,11-16H2/t19-/m1/s1. The average molecular weight is 338 g/mol. The third-order valence-corrected chi connectivity index (χ3v) is 5.07. The molecule has 2 aliphatic heterocycles. The molecule has 1 atom stereocenters. The highest BCUT2D eigenvalue weighted by Gasteiger charge is 2.20. The van der Waals surface area contributed by atoms with Crippen LogP contribution in [-0.2, 0) is 11.3 Å². The van der Waals surface area contributed by atoms with E-state index in [2.05, 4.69) is 58.7 Å². The van der Waals surface area contributed by atoms with Crippen molar-refractivity contribution in [3.05, 3.63) is 59.7 Å². The molecule has 1 saturated heterocycles. The molecule has 1 fully saturated rings. The van der Waals surface area contributed by atoms with E-state index < -0.39 is 0 Å². The fourth-order valence-corrected chi connectivity index (χ4v) is 3.74. The maximum Gasteiger partial charge on any atom is 0.124 e. The maximum atomic E-state index is 5.89. The van der Waals surface area contributed by atoms with Gasteiger partial charge in [0.25, 0.3) is 0 Å². The highest BCUT2D eigenvalue weighted by atomic mass is 16.5. The van der Waals surface area contributed by atoms with Gasteiger partial charge >= 0.3 is 0 Å². The molecule has 1 N–H and O–H groups in total. The molecule has 0 amide bonds. The third kappa shape index (κ3) is 3.80. The lowest BCUT2D eigenvalue weighted by Crippen LogP contribution is -2.37. The van der Waals surface area contributed by atoms with Gasteiger partial charge in [0.15, 0.2) is 0 Å². The predicted octanol–water partition coefficient (Wildman–Crippen LogP) is 3.53. The van der Waals surface area contributed by atoms with Gasteiger partial charge in [-0.15, -0.1) is 0 Å². The smallest absolute Gasteiger partial charge is 0.124 e. The number of ether oxygens (including phenoxy) is 2. The Morgan fingerprint density at radius 2 is 1.76 bits per heavy atom. The first kappa shape index (κ1) is 16.4. The van der Waals surface area contributed by atoms with Crippen LogP contribution in [-0.4, -0.2) is 32.9 Å². The van der Waals surface area contributed by atoms with Crippen LogP contribution in [0.1, 0.15) is 30.0 Å². The molecule has 2 aromatic rings. The van der Waals surface area contributed by atoms with Crippen molar-refractivity contribution in [1.82, 2.24) is 5.32 Å². The van der Waals surface area contributed by atoms with E-state index in [-0.39, 0.29) is 0 Å². The minimum absolute atomic E-state index is 0.344. The molecule has 4 nitrogen and oxygen atoms in total. The first-order valence-corrected chi connectivity index (χ1v) is 9.27. The second kappa shape index (κ2) is 7.89. The maximum absolute atomic E-state index is 5.89. The number of anilines is 1. The molecule has 0 spiro atoms. The molecule has 4 rings (SSSR count). The normalized spacial score (nSPS) is 20.5. The molecule has 0 radical (unpaired) electrons. The van der Waals surface area contributed by atoms with Gasteiger partial charge in [0.05, 0.1) is 19.8 Å². The summed E-state index contributed by atoms with van der Waals surface area (Å²) < 4.78 is 11.4. The minimum atomic E-state index is 0.344. The van der Waals surface area contributed by atoms with E-state index >= 15 is 0 Å². The average Bonchev–Trinajstić information content (AvgIpc) is 2.89. The number of nitrogens with one attached hydrogen (secondary N) is 1. The number of hydrogen-bond donors (Lipinski definition) is 1. The van der Waals surface area contributed by atoms with Gasteiger partial charge < -0.3 is 19.7 Å². The largest absolute Gasteiger partial charge is 0.493 e. The number of rotatable bonds is 4. The number of benzene rings is 2. The number of fused-ring (bicyclic) bond motifs is 1. The lowest BCUT2D eigenvalue weighted by molar-refractivity contribution is 0.122. The summed E-state index contributed by atoms with van der Waals surface area (Å²) in [5.41, 5.74) is 3.97. The molecule has 0 saturated carbocycles. The van der Waals surface area contributed by atoms with Gasteiger partial charge in [0, 0.05) is 36.9 Å².